The number of anilines is 1. The maximum absolute atomic E-state index is 11.7. The first kappa shape index (κ1) is 17.2. The number of nitrogens with one attached hydrogen (secondary N) is 1. The molecule has 0 radical (unpaired) electrons. The minimum atomic E-state index is -0.904. The number of hydrogen-bond donors (Lipinski definition) is 2. The van der Waals surface area contributed by atoms with E-state index in [4.69, 9.17) is 9.84 Å². The third-order valence-corrected chi connectivity index (χ3v) is 3.01. The summed E-state index contributed by atoms with van der Waals surface area (Å²) in [6.45, 7) is 1.95. The smallest absolute Gasteiger partial charge is 0.354 e. The first-order chi connectivity index (χ1) is 10.0. The molecule has 0 spiro atoms. The predicted octanol–water partition coefficient (Wildman–Crippen LogP) is 3.04. The van der Waals surface area contributed by atoms with E-state index in [1.165, 1.54) is 0 Å². The summed E-state index contributed by atoms with van der Waals surface area (Å²) in [5.41, 5.74) is 3.67. The van der Waals surface area contributed by atoms with E-state index in [0.717, 1.165) is 10.2 Å². The maximum atomic E-state index is 11.7. The second-order valence-corrected chi connectivity index (χ2v) is 5.06. The fourth-order valence-corrected chi connectivity index (χ4v) is 1.75. The summed E-state index contributed by atoms with van der Waals surface area (Å²) in [6, 6.07) is 7.28. The van der Waals surface area contributed by atoms with Crippen LogP contribution in [0, 0.1) is 0 Å². The third-order valence-electron chi connectivity index (χ3n) is 2.48. The number of hydrogen-bond acceptors (Lipinski definition) is 5. The molecule has 0 aliphatic rings. The molecular weight excluding hydrogens is 340 g/mol. The normalized spacial score (nSPS) is 11.0. The van der Waals surface area contributed by atoms with Gasteiger partial charge < -0.3 is 9.84 Å². The van der Waals surface area contributed by atoms with Gasteiger partial charge in [-0.3, -0.25) is 10.2 Å². The van der Waals surface area contributed by atoms with Crippen LogP contribution in [0.15, 0.2) is 33.8 Å². The second kappa shape index (κ2) is 9.12. The number of carboxylic acid groups (broad SMARTS) is 1. The zero-order chi connectivity index (χ0) is 15.7. The van der Waals surface area contributed by atoms with Gasteiger partial charge in [0.1, 0.15) is 5.71 Å². The SMILES string of the molecule is CCOC(=O)/C(CCCC(=O)O)=N\Nc1ccc(Br)cc1. The number of nitrogens with zero attached hydrogens (tertiary/aromatic N) is 1. The molecule has 0 atom stereocenters. The van der Waals surface area contributed by atoms with Crippen LogP contribution in [0.1, 0.15) is 26.2 Å². The van der Waals surface area contributed by atoms with Crippen molar-refractivity contribution in [2.24, 2.45) is 5.10 Å². The summed E-state index contributed by atoms with van der Waals surface area (Å²) in [5, 5.41) is 12.6. The van der Waals surface area contributed by atoms with Gasteiger partial charge in [-0.25, -0.2) is 4.79 Å². The summed E-state index contributed by atoms with van der Waals surface area (Å²) < 4.78 is 5.84. The topological polar surface area (TPSA) is 88.0 Å². The van der Waals surface area contributed by atoms with Gasteiger partial charge in [-0.2, -0.15) is 5.10 Å². The number of rotatable bonds is 8. The van der Waals surface area contributed by atoms with Crippen LogP contribution in [0.3, 0.4) is 0 Å². The molecule has 1 aromatic carbocycles. The lowest BCUT2D eigenvalue weighted by atomic mass is 10.1. The molecule has 1 aromatic rings. The molecule has 0 saturated carbocycles. The molecule has 0 aliphatic carbocycles. The molecule has 0 aliphatic heterocycles. The number of benzene rings is 1. The zero-order valence-corrected chi connectivity index (χ0v) is 13.2. The number of aliphatic carboxylic acids is 1. The summed E-state index contributed by atoms with van der Waals surface area (Å²) in [5.74, 6) is -1.44. The van der Waals surface area contributed by atoms with Crippen LogP contribution in [-0.4, -0.2) is 29.4 Å². The third kappa shape index (κ3) is 6.89. The van der Waals surface area contributed by atoms with Crippen LogP contribution in [-0.2, 0) is 14.3 Å². The van der Waals surface area contributed by atoms with E-state index in [1.807, 2.05) is 12.1 Å². The Kier molecular flexibility index (Phi) is 7.45. The summed E-state index contributed by atoms with van der Waals surface area (Å²) in [6.07, 6.45) is 0.556. The average molecular weight is 357 g/mol. The van der Waals surface area contributed by atoms with Gasteiger partial charge in [0, 0.05) is 10.9 Å². The molecule has 6 nitrogen and oxygen atoms in total. The van der Waals surface area contributed by atoms with Crippen molar-refractivity contribution in [3.8, 4) is 0 Å². The van der Waals surface area contributed by atoms with Gasteiger partial charge in [0.25, 0.3) is 0 Å². The highest BCUT2D eigenvalue weighted by atomic mass is 79.9. The Labute approximate surface area is 131 Å². The van der Waals surface area contributed by atoms with E-state index in [-0.39, 0.29) is 25.2 Å². The highest BCUT2D eigenvalue weighted by Gasteiger charge is 2.13. The molecule has 114 valence electrons. The van der Waals surface area contributed by atoms with Crippen LogP contribution in [0.25, 0.3) is 0 Å². The fraction of sp³-hybridized carbons (Fsp3) is 0.357. The van der Waals surface area contributed by atoms with Crippen molar-refractivity contribution in [1.29, 1.82) is 0 Å². The Morgan fingerprint density at radius 3 is 2.52 bits per heavy atom. The maximum Gasteiger partial charge on any atom is 0.354 e. The van der Waals surface area contributed by atoms with Gasteiger partial charge in [-0.1, -0.05) is 15.9 Å². The van der Waals surface area contributed by atoms with Gasteiger partial charge in [0.15, 0.2) is 0 Å². The quantitative estimate of drug-likeness (QED) is 0.424. The van der Waals surface area contributed by atoms with Crippen molar-refractivity contribution >= 4 is 39.3 Å². The first-order valence-electron chi connectivity index (χ1n) is 6.50. The fourth-order valence-electron chi connectivity index (χ4n) is 1.48. The van der Waals surface area contributed by atoms with Crippen molar-refractivity contribution in [2.75, 3.05) is 12.0 Å². The molecule has 7 heteroatoms. The lowest BCUT2D eigenvalue weighted by molar-refractivity contribution is -0.137. The van der Waals surface area contributed by atoms with E-state index < -0.39 is 11.9 Å². The molecule has 1 rings (SSSR count). The number of carboxylic acids is 1. The van der Waals surface area contributed by atoms with Crippen molar-refractivity contribution < 1.29 is 19.4 Å². The molecule has 0 bridgehead atoms. The molecule has 21 heavy (non-hydrogen) atoms. The molecule has 0 aromatic heterocycles. The highest BCUT2D eigenvalue weighted by Crippen LogP contribution is 2.14. The van der Waals surface area contributed by atoms with Gasteiger partial charge in [-0.05, 0) is 44.0 Å². The van der Waals surface area contributed by atoms with Crippen molar-refractivity contribution in [2.45, 2.75) is 26.2 Å². The van der Waals surface area contributed by atoms with Crippen LogP contribution in [0.4, 0.5) is 5.69 Å². The van der Waals surface area contributed by atoms with Gasteiger partial charge >= 0.3 is 11.9 Å². The Hall–Kier alpha value is -1.89. The molecule has 0 unspecified atom stereocenters. The minimum Gasteiger partial charge on any atom is -0.481 e. The molecule has 0 fully saturated rings. The predicted molar refractivity (Wildman–Crippen MR) is 83.3 cm³/mol. The average Bonchev–Trinajstić information content (AvgIpc) is 2.44. The number of carbonyl (C=O) groups excluding carboxylic acids is 1. The number of halogens is 1. The number of ether oxygens (including phenoxy) is 1. The molecule has 0 heterocycles. The van der Waals surface area contributed by atoms with Crippen LogP contribution in [0.5, 0.6) is 0 Å². The van der Waals surface area contributed by atoms with Gasteiger partial charge in [-0.15, -0.1) is 0 Å². The molecule has 0 amide bonds. The van der Waals surface area contributed by atoms with Crippen molar-refractivity contribution in [3.05, 3.63) is 28.7 Å². The summed E-state index contributed by atoms with van der Waals surface area (Å²) >= 11 is 3.32. The Morgan fingerprint density at radius 2 is 1.95 bits per heavy atom. The molecule has 2 N–H and O–H groups in total. The number of esters is 1. The van der Waals surface area contributed by atoms with Gasteiger partial charge in [0.2, 0.25) is 0 Å². The lowest BCUT2D eigenvalue weighted by Gasteiger charge is -2.07. The van der Waals surface area contributed by atoms with Crippen LogP contribution in [0.2, 0.25) is 0 Å². The van der Waals surface area contributed by atoms with E-state index in [2.05, 4.69) is 26.5 Å². The van der Waals surface area contributed by atoms with Crippen molar-refractivity contribution in [1.82, 2.24) is 0 Å². The van der Waals surface area contributed by atoms with E-state index >= 15 is 0 Å². The summed E-state index contributed by atoms with van der Waals surface area (Å²) in [7, 11) is 0. The standard InChI is InChI=1S/C14H17BrN2O4/c1-2-21-14(20)12(4-3-5-13(18)19)17-16-11-8-6-10(15)7-9-11/h6-9,16H,2-5H2,1H3,(H,18,19)/b17-12-. The number of carbonyl (C=O) groups is 2. The van der Waals surface area contributed by atoms with Crippen LogP contribution < -0.4 is 5.43 Å². The number of hydrazone groups is 1. The highest BCUT2D eigenvalue weighted by molar-refractivity contribution is 9.10. The van der Waals surface area contributed by atoms with Crippen molar-refractivity contribution in [3.63, 3.8) is 0 Å². The van der Waals surface area contributed by atoms with Crippen LogP contribution >= 0.6 is 15.9 Å². The zero-order valence-electron chi connectivity index (χ0n) is 11.6. The largest absolute Gasteiger partial charge is 0.481 e. The Balaban J connectivity index is 2.69. The van der Waals surface area contributed by atoms with Gasteiger partial charge in [0.05, 0.1) is 12.3 Å². The lowest BCUT2D eigenvalue weighted by Crippen LogP contribution is -2.19. The molecule has 0 saturated heterocycles. The Bertz CT molecular complexity index is 514. The van der Waals surface area contributed by atoms with E-state index in [9.17, 15) is 9.59 Å². The Morgan fingerprint density at radius 1 is 1.29 bits per heavy atom. The minimum absolute atomic E-state index is 0.0172. The first-order valence-corrected chi connectivity index (χ1v) is 7.29. The summed E-state index contributed by atoms with van der Waals surface area (Å²) in [4.78, 5) is 22.3. The second-order valence-electron chi connectivity index (χ2n) is 4.14. The monoisotopic (exact) mass is 356 g/mol. The molecular formula is C14H17BrN2O4. The van der Waals surface area contributed by atoms with E-state index in [1.54, 1.807) is 19.1 Å². The van der Waals surface area contributed by atoms with E-state index in [0.29, 0.717) is 6.42 Å².